The first-order valence-corrected chi connectivity index (χ1v) is 40.2. The lowest BCUT2D eigenvalue weighted by Crippen LogP contribution is -2.61. The minimum atomic E-state index is -1.66. The number of hydrogen-bond donors (Lipinski definition) is 24. The van der Waals surface area contributed by atoms with Crippen molar-refractivity contribution in [1.82, 2.24) is 79.1 Å². The number of unbranched alkanes of at least 4 members (excludes halogenated alkanes) is 2. The number of thiol groups is 2. The van der Waals surface area contributed by atoms with Crippen molar-refractivity contribution >= 4 is 142 Å². The maximum atomic E-state index is 14.8. The Bertz CT molecular complexity index is 4270. The molecule has 5 aromatic rings. The number of nitrogens with two attached hydrogens (primary N) is 5. The average Bonchev–Trinajstić information content (AvgIpc) is 1.66. The van der Waals surface area contributed by atoms with Crippen LogP contribution in [0.1, 0.15) is 128 Å². The van der Waals surface area contributed by atoms with Crippen molar-refractivity contribution in [3.05, 3.63) is 102 Å². The number of aliphatic carboxylic acids is 1. The van der Waals surface area contributed by atoms with Crippen LogP contribution in [0.3, 0.4) is 0 Å². The molecule has 0 fully saturated rings. The van der Waals surface area contributed by atoms with Gasteiger partial charge in [-0.25, -0.2) is 0 Å². The highest BCUT2D eigenvalue weighted by molar-refractivity contribution is 7.80. The predicted molar refractivity (Wildman–Crippen MR) is 444 cm³/mol. The van der Waals surface area contributed by atoms with E-state index in [9.17, 15) is 81.8 Å². The Labute approximate surface area is 693 Å². The molecule has 12 atom stereocenters. The van der Waals surface area contributed by atoms with Gasteiger partial charge in [-0.1, -0.05) is 76.2 Å². The molecular weight excluding hydrogens is 1570 g/mol. The van der Waals surface area contributed by atoms with E-state index >= 15 is 0 Å². The third-order valence-corrected chi connectivity index (χ3v) is 19.6. The zero-order chi connectivity index (χ0) is 87.3. The summed E-state index contributed by atoms with van der Waals surface area (Å²) in [7, 11) is 0. The van der Waals surface area contributed by atoms with E-state index in [1.54, 1.807) is 101 Å². The van der Waals surface area contributed by atoms with Crippen LogP contribution in [0.2, 0.25) is 0 Å². The number of phenols is 1. The smallest absolute Gasteiger partial charge is 0.322 e. The molecular formula is C78H114N20O18S2. The molecule has 0 radical (unpaired) electrons. The Balaban J connectivity index is 1.36. The van der Waals surface area contributed by atoms with Gasteiger partial charge in [-0.05, 0) is 137 Å². The van der Waals surface area contributed by atoms with Gasteiger partial charge in [0, 0.05) is 77.8 Å². The summed E-state index contributed by atoms with van der Waals surface area (Å²) < 4.78 is 0. The number of carbonyl (C=O) groups is 16. The van der Waals surface area contributed by atoms with Gasteiger partial charge in [0.25, 0.3) is 0 Å². The van der Waals surface area contributed by atoms with Crippen LogP contribution in [0.5, 0.6) is 5.75 Å². The first-order valence-electron chi connectivity index (χ1n) is 39.0. The molecule has 0 spiro atoms. The van der Waals surface area contributed by atoms with Crippen molar-refractivity contribution in [3.8, 4) is 5.75 Å². The number of primary amides is 2. The van der Waals surface area contributed by atoms with Crippen molar-refractivity contribution in [2.24, 2.45) is 40.5 Å². The number of carbonyl (C=O) groups excluding carboxylic acids is 15. The summed E-state index contributed by atoms with van der Waals surface area (Å²) in [4.78, 5) is 226. The molecule has 3 aromatic carbocycles. The first kappa shape index (κ1) is 97.2. The molecule has 2 aromatic heterocycles. The molecule has 0 saturated carbocycles. The number of amides is 15. The first-order chi connectivity index (χ1) is 56.0. The predicted octanol–water partition coefficient (Wildman–Crippen LogP) is -2.88. The number of H-pyrrole nitrogens is 2. The largest absolute Gasteiger partial charge is 0.508 e. The molecule has 118 heavy (non-hydrogen) atoms. The van der Waals surface area contributed by atoms with Crippen LogP contribution in [0.25, 0.3) is 21.8 Å². The summed E-state index contributed by atoms with van der Waals surface area (Å²) in [6, 6.07) is 2.95. The molecule has 38 nitrogen and oxygen atoms in total. The van der Waals surface area contributed by atoms with Gasteiger partial charge in [-0.15, -0.1) is 0 Å². The van der Waals surface area contributed by atoms with Gasteiger partial charge in [0.1, 0.15) is 78.8 Å². The van der Waals surface area contributed by atoms with Crippen molar-refractivity contribution in [3.63, 3.8) is 0 Å². The number of nitrogens with one attached hydrogen (secondary N) is 15. The normalized spacial score (nSPS) is 14.3. The molecule has 646 valence electrons. The summed E-state index contributed by atoms with van der Waals surface area (Å²) in [6.07, 6.45) is 2.09. The number of aromatic amines is 2. The SMILES string of the molecule is CC(C)C[C@H](NC(=O)CNC(=O)[C@H](Cc1c[nH]c2ccccc12)NC(=O)[C@H](CCC(N)=O)NC(=O)[C@H](CCCCN)NC(=O)[C@H](CS)NC(=O)[C@H](Cc1c[nH]c2ccccc12)NC(=O)[C@H](Cc1ccc(O)cc1)NC(=O)[C@H](C)N)C(=O)N[C@@H](CCCCN)C(=O)N[C@@H](CS)C(=O)N[C@@H](CCC(N)=O)C(=O)N[C@@H](CC(C)C)C(=O)NCC(=O)O. The molecule has 0 unspecified atom stereocenters. The number of hydrogen-bond acceptors (Lipinski definition) is 22. The van der Waals surface area contributed by atoms with E-state index in [1.807, 2.05) is 0 Å². The summed E-state index contributed by atoms with van der Waals surface area (Å²) in [5.41, 5.74) is 31.5. The number of fused-ring (bicyclic) bond motifs is 2. The van der Waals surface area contributed by atoms with Crippen molar-refractivity contribution in [2.45, 2.75) is 203 Å². The molecule has 2 heterocycles. The molecule has 0 bridgehead atoms. The Morgan fingerprint density at radius 3 is 1.12 bits per heavy atom. The van der Waals surface area contributed by atoms with Crippen molar-refractivity contribution < 1.29 is 86.9 Å². The number of carboxylic acids is 1. The van der Waals surface area contributed by atoms with Gasteiger partial charge < -0.3 is 118 Å². The highest BCUT2D eigenvalue weighted by Gasteiger charge is 2.38. The number of benzene rings is 3. The van der Waals surface area contributed by atoms with Gasteiger partial charge >= 0.3 is 5.97 Å². The molecule has 0 aliphatic rings. The van der Waals surface area contributed by atoms with E-state index < -0.39 is 199 Å². The van der Waals surface area contributed by atoms with Crippen molar-refractivity contribution in [2.75, 3.05) is 37.7 Å². The molecule has 0 saturated heterocycles. The van der Waals surface area contributed by atoms with Crippen LogP contribution in [0.15, 0.2) is 85.2 Å². The fourth-order valence-corrected chi connectivity index (χ4v) is 13.1. The maximum Gasteiger partial charge on any atom is 0.322 e. The molecule has 5 rings (SSSR count). The number of rotatable bonds is 53. The molecule has 0 aliphatic heterocycles. The Kier molecular flexibility index (Phi) is 40.9. The summed E-state index contributed by atoms with van der Waals surface area (Å²) >= 11 is 8.67. The standard InChI is InChI=1S/C78H114N20O18S2/c1-41(2)30-56(68(106)87-38-66(103)104)94-72(110)55(25-27-64(83)101)92-78(116)61(39-117)97-71(109)53(19-11-13-29-80)89-74(112)57(31-42(3)4)88-65(102)37-86-69(107)59(33-45-35-84-50-16-8-6-14-48(45)50)95-73(111)54(24-26-63(82)100)91-70(108)52(18-10-12-28-79)90-77(115)62(40-118)98-76(114)60(34-46-36-85-51-17-9-7-15-49(46)51)96-75(113)58(93-67(105)43(5)81)32-44-20-22-47(99)23-21-44/h6-9,14-17,20-23,35-36,41-43,52-62,84-85,99,117-118H,10-13,18-19,24-34,37-40,79-81H2,1-5H3,(H2,82,100)(H2,83,101)(H,86,107)(H,87,106)(H,88,102)(H,89,112)(H,90,115)(H,91,108)(H,92,116)(H,93,105)(H,94,110)(H,95,111)(H,96,113)(H,97,109)(H,98,114)(H,103,104)/t43-,52-,53-,54-,55-,56-,57-,58-,59-,60-,61-,62-/m0/s1. The van der Waals surface area contributed by atoms with E-state index in [1.165, 1.54) is 19.1 Å². The van der Waals surface area contributed by atoms with Crippen LogP contribution in [0.4, 0.5) is 0 Å². The fourth-order valence-electron chi connectivity index (χ4n) is 12.5. The second kappa shape index (κ2) is 49.6. The van der Waals surface area contributed by atoms with Crippen LogP contribution in [-0.2, 0) is 96.0 Å². The van der Waals surface area contributed by atoms with E-state index in [2.05, 4.69) is 104 Å². The lowest BCUT2D eigenvalue weighted by atomic mass is 10.0. The Hall–Kier alpha value is -11.4. The van der Waals surface area contributed by atoms with Gasteiger partial charge in [0.05, 0.1) is 12.6 Å². The Morgan fingerprint density at radius 2 is 0.720 bits per heavy atom. The number of carboxylic acid groups (broad SMARTS) is 1. The quantitative estimate of drug-likeness (QED) is 0.0137. The minimum absolute atomic E-state index is 0.0280. The number of para-hydroxylation sites is 2. The highest BCUT2D eigenvalue weighted by Crippen LogP contribution is 2.23. The van der Waals surface area contributed by atoms with Crippen LogP contribution in [-0.4, -0.2) is 225 Å². The van der Waals surface area contributed by atoms with E-state index in [0.717, 1.165) is 0 Å². The highest BCUT2D eigenvalue weighted by atomic mass is 32.1. The van der Waals surface area contributed by atoms with Gasteiger partial charge in [0.15, 0.2) is 0 Å². The van der Waals surface area contributed by atoms with Crippen LogP contribution < -0.4 is 97.8 Å². The maximum absolute atomic E-state index is 14.8. The van der Waals surface area contributed by atoms with Crippen molar-refractivity contribution in [1.29, 1.82) is 0 Å². The Morgan fingerprint density at radius 1 is 0.390 bits per heavy atom. The van der Waals surface area contributed by atoms with E-state index in [0.29, 0.717) is 51.3 Å². The molecule has 40 heteroatoms. The third-order valence-electron chi connectivity index (χ3n) is 18.8. The second-order valence-corrected chi connectivity index (χ2v) is 30.3. The monoisotopic (exact) mass is 1680 g/mol. The minimum Gasteiger partial charge on any atom is -0.508 e. The van der Waals surface area contributed by atoms with Gasteiger partial charge in [-0.3, -0.25) is 76.7 Å². The third kappa shape index (κ3) is 33.0. The molecule has 27 N–H and O–H groups in total. The number of aromatic nitrogens is 2. The second-order valence-electron chi connectivity index (χ2n) is 29.6. The van der Waals surface area contributed by atoms with Gasteiger partial charge in [-0.2, -0.15) is 25.3 Å². The number of aromatic hydroxyl groups is 1. The summed E-state index contributed by atoms with van der Waals surface area (Å²) in [5, 5.41) is 53.8. The van der Waals surface area contributed by atoms with Crippen LogP contribution >= 0.6 is 25.3 Å². The summed E-state index contributed by atoms with van der Waals surface area (Å²) in [6.45, 7) is 7.17. The lowest BCUT2D eigenvalue weighted by molar-refractivity contribution is -0.138. The lowest BCUT2D eigenvalue weighted by Gasteiger charge is -2.27. The molecule has 0 aliphatic carbocycles. The molecule has 15 amide bonds. The van der Waals surface area contributed by atoms with Crippen LogP contribution in [0, 0.1) is 11.8 Å². The van der Waals surface area contributed by atoms with Gasteiger partial charge in [0.2, 0.25) is 88.6 Å². The topological polar surface area (TPSA) is 632 Å². The zero-order valence-corrected chi connectivity index (χ0v) is 68.5. The summed E-state index contributed by atoms with van der Waals surface area (Å²) in [5.74, 6) is -16.1. The van der Waals surface area contributed by atoms with E-state index in [-0.39, 0.29) is 106 Å². The zero-order valence-electron chi connectivity index (χ0n) is 66.7. The fraction of sp³-hybridized carbons (Fsp3) is 0.513. The number of phenolic OH excluding ortho intramolecular Hbond substituents is 1. The average molecular weight is 1680 g/mol. The van der Waals surface area contributed by atoms with E-state index in [4.69, 9.17) is 33.8 Å².